The second-order valence-corrected chi connectivity index (χ2v) is 8.49. The number of thiophene rings is 1. The van der Waals surface area contributed by atoms with Crippen LogP contribution in [-0.4, -0.2) is 27.2 Å². The van der Waals surface area contributed by atoms with E-state index in [-0.39, 0.29) is 17.1 Å². The fourth-order valence-electron chi connectivity index (χ4n) is 2.99. The monoisotopic (exact) mass is 349 g/mol. The molecule has 1 fully saturated rings. The number of hydrogen-bond acceptors (Lipinski definition) is 5. The van der Waals surface area contributed by atoms with Gasteiger partial charge in [0.15, 0.2) is 0 Å². The van der Waals surface area contributed by atoms with Crippen LogP contribution in [0, 0.1) is 5.92 Å². The van der Waals surface area contributed by atoms with Crippen LogP contribution in [0.4, 0.5) is 0 Å². The van der Waals surface area contributed by atoms with E-state index >= 15 is 0 Å². The largest absolute Gasteiger partial charge is 0.352 e. The van der Waals surface area contributed by atoms with Crippen LogP contribution >= 0.6 is 23.1 Å². The third-order valence-electron chi connectivity index (χ3n) is 4.26. The summed E-state index contributed by atoms with van der Waals surface area (Å²) in [7, 11) is 0. The molecule has 1 saturated carbocycles. The minimum absolute atomic E-state index is 0.114. The molecule has 0 unspecified atom stereocenters. The quantitative estimate of drug-likeness (QED) is 0.647. The van der Waals surface area contributed by atoms with Gasteiger partial charge in [-0.1, -0.05) is 44.9 Å². The van der Waals surface area contributed by atoms with Gasteiger partial charge in [0.25, 0.3) is 0 Å². The molecule has 2 heterocycles. The molecule has 1 aliphatic carbocycles. The van der Waals surface area contributed by atoms with Crippen molar-refractivity contribution in [1.29, 1.82) is 0 Å². The van der Waals surface area contributed by atoms with Gasteiger partial charge in [0.2, 0.25) is 5.91 Å². The maximum absolute atomic E-state index is 12.8. The SMILES string of the molecule is CC(C)[C@@H](Sc1ncnc2ccsc12)C(=O)NC1CCCCC1. The lowest BCUT2D eigenvalue weighted by molar-refractivity contribution is -0.122. The maximum Gasteiger partial charge on any atom is 0.234 e. The second-order valence-electron chi connectivity index (χ2n) is 6.44. The second kappa shape index (κ2) is 7.62. The van der Waals surface area contributed by atoms with E-state index in [1.54, 1.807) is 29.4 Å². The minimum atomic E-state index is -0.114. The molecule has 0 saturated heterocycles. The van der Waals surface area contributed by atoms with Crippen LogP contribution in [0.15, 0.2) is 22.8 Å². The third-order valence-corrected chi connectivity index (χ3v) is 6.85. The Morgan fingerprint density at radius 2 is 2.09 bits per heavy atom. The van der Waals surface area contributed by atoms with Crippen LogP contribution in [0.5, 0.6) is 0 Å². The van der Waals surface area contributed by atoms with Gasteiger partial charge < -0.3 is 5.32 Å². The molecule has 1 atom stereocenters. The number of fused-ring (bicyclic) bond motifs is 1. The van der Waals surface area contributed by atoms with Crippen molar-refractivity contribution >= 4 is 39.2 Å². The third kappa shape index (κ3) is 4.04. The predicted molar refractivity (Wildman–Crippen MR) is 96.9 cm³/mol. The Morgan fingerprint density at radius 1 is 1.30 bits per heavy atom. The van der Waals surface area contributed by atoms with Gasteiger partial charge in [0.05, 0.1) is 15.5 Å². The Bertz CT molecular complexity index is 665. The summed E-state index contributed by atoms with van der Waals surface area (Å²) in [6.07, 6.45) is 7.58. The van der Waals surface area contributed by atoms with Gasteiger partial charge in [-0.15, -0.1) is 11.3 Å². The number of thioether (sulfide) groups is 1. The van der Waals surface area contributed by atoms with E-state index in [2.05, 4.69) is 29.1 Å². The van der Waals surface area contributed by atoms with Crippen LogP contribution in [-0.2, 0) is 4.79 Å². The zero-order valence-corrected chi connectivity index (χ0v) is 15.3. The van der Waals surface area contributed by atoms with Gasteiger partial charge in [-0.2, -0.15) is 0 Å². The summed E-state index contributed by atoms with van der Waals surface area (Å²) in [6.45, 7) is 4.20. The zero-order valence-electron chi connectivity index (χ0n) is 13.6. The lowest BCUT2D eigenvalue weighted by atomic mass is 9.95. The molecule has 6 heteroatoms. The average molecular weight is 350 g/mol. The van der Waals surface area contributed by atoms with Crippen molar-refractivity contribution in [3.63, 3.8) is 0 Å². The molecule has 124 valence electrons. The Morgan fingerprint density at radius 3 is 2.83 bits per heavy atom. The molecular formula is C17H23N3OS2. The number of carbonyl (C=O) groups excluding carboxylic acids is 1. The first kappa shape index (κ1) is 16.7. The summed E-state index contributed by atoms with van der Waals surface area (Å²) < 4.78 is 1.08. The van der Waals surface area contributed by atoms with Gasteiger partial charge in [-0.25, -0.2) is 9.97 Å². The Labute approximate surface area is 145 Å². The molecular weight excluding hydrogens is 326 g/mol. The highest BCUT2D eigenvalue weighted by molar-refractivity contribution is 8.00. The number of aromatic nitrogens is 2. The van der Waals surface area contributed by atoms with E-state index in [0.29, 0.717) is 6.04 Å². The van der Waals surface area contributed by atoms with Crippen molar-refractivity contribution in [2.75, 3.05) is 0 Å². The van der Waals surface area contributed by atoms with E-state index in [9.17, 15) is 4.79 Å². The first-order chi connectivity index (χ1) is 11.1. The molecule has 0 radical (unpaired) electrons. The topological polar surface area (TPSA) is 54.9 Å². The van der Waals surface area contributed by atoms with E-state index in [4.69, 9.17) is 0 Å². The van der Waals surface area contributed by atoms with Crippen molar-refractivity contribution in [1.82, 2.24) is 15.3 Å². The normalized spacial score (nSPS) is 17.5. The van der Waals surface area contributed by atoms with Gasteiger partial charge in [-0.05, 0) is 30.2 Å². The zero-order chi connectivity index (χ0) is 16.2. The highest BCUT2D eigenvalue weighted by Gasteiger charge is 2.27. The van der Waals surface area contributed by atoms with Gasteiger partial charge >= 0.3 is 0 Å². The van der Waals surface area contributed by atoms with Crippen molar-refractivity contribution < 1.29 is 4.79 Å². The number of hydrogen-bond donors (Lipinski definition) is 1. The molecule has 2 aromatic rings. The van der Waals surface area contributed by atoms with Crippen molar-refractivity contribution in [3.8, 4) is 0 Å². The number of amides is 1. The maximum atomic E-state index is 12.8. The van der Waals surface area contributed by atoms with Gasteiger partial charge in [0.1, 0.15) is 11.4 Å². The summed E-state index contributed by atoms with van der Waals surface area (Å²) in [4.78, 5) is 21.5. The predicted octanol–water partition coefficient (Wildman–Crippen LogP) is 4.26. The number of carbonyl (C=O) groups is 1. The molecule has 0 spiro atoms. The smallest absolute Gasteiger partial charge is 0.234 e. The molecule has 3 rings (SSSR count). The number of nitrogens with one attached hydrogen (secondary N) is 1. The van der Waals surface area contributed by atoms with Crippen LogP contribution < -0.4 is 5.32 Å². The average Bonchev–Trinajstić information content (AvgIpc) is 3.02. The highest BCUT2D eigenvalue weighted by Crippen LogP contribution is 2.34. The highest BCUT2D eigenvalue weighted by atomic mass is 32.2. The summed E-state index contributed by atoms with van der Waals surface area (Å²) in [5, 5.41) is 6.09. The van der Waals surface area contributed by atoms with Crippen LogP contribution in [0.25, 0.3) is 10.2 Å². The molecule has 0 aliphatic heterocycles. The fourth-order valence-corrected chi connectivity index (χ4v) is 5.02. The van der Waals surface area contributed by atoms with E-state index < -0.39 is 0 Å². The molecule has 1 N–H and O–H groups in total. The first-order valence-corrected chi connectivity index (χ1v) is 10.1. The van der Waals surface area contributed by atoms with Gasteiger partial charge in [0, 0.05) is 6.04 Å². The lowest BCUT2D eigenvalue weighted by Gasteiger charge is -2.26. The first-order valence-electron chi connectivity index (χ1n) is 8.30. The Kier molecular flexibility index (Phi) is 5.54. The fraction of sp³-hybridized carbons (Fsp3) is 0.588. The molecule has 23 heavy (non-hydrogen) atoms. The van der Waals surface area contributed by atoms with Crippen LogP contribution in [0.1, 0.15) is 46.0 Å². The van der Waals surface area contributed by atoms with Gasteiger partial charge in [-0.3, -0.25) is 4.79 Å². The standard InChI is InChI=1S/C17H23N3OS2/c1-11(2)14(16(21)20-12-6-4-3-5-7-12)23-17-15-13(8-9-22-15)18-10-19-17/h8-12,14H,3-7H2,1-2H3,(H,20,21)/t14-/m1/s1. The summed E-state index contributed by atoms with van der Waals surface area (Å²) in [5.74, 6) is 0.411. The Balaban J connectivity index is 1.73. The molecule has 1 amide bonds. The molecule has 2 aromatic heterocycles. The Hall–Kier alpha value is -1.14. The van der Waals surface area contributed by atoms with Crippen molar-refractivity contribution in [3.05, 3.63) is 17.8 Å². The van der Waals surface area contributed by atoms with Crippen LogP contribution in [0.2, 0.25) is 0 Å². The minimum Gasteiger partial charge on any atom is -0.352 e. The number of nitrogens with zero attached hydrogens (tertiary/aromatic N) is 2. The van der Waals surface area contributed by atoms with E-state index in [0.717, 1.165) is 28.1 Å². The summed E-state index contributed by atoms with van der Waals surface area (Å²) >= 11 is 3.21. The summed E-state index contributed by atoms with van der Waals surface area (Å²) in [6, 6.07) is 2.35. The van der Waals surface area contributed by atoms with Crippen molar-refractivity contribution in [2.24, 2.45) is 5.92 Å². The molecule has 0 aromatic carbocycles. The van der Waals surface area contributed by atoms with Crippen LogP contribution in [0.3, 0.4) is 0 Å². The molecule has 1 aliphatic rings. The summed E-state index contributed by atoms with van der Waals surface area (Å²) in [5.41, 5.74) is 0.961. The van der Waals surface area contributed by atoms with Crippen molar-refractivity contribution in [2.45, 2.75) is 62.3 Å². The number of rotatable bonds is 5. The molecule has 4 nitrogen and oxygen atoms in total. The van der Waals surface area contributed by atoms with E-state index in [1.807, 2.05) is 11.4 Å². The van der Waals surface area contributed by atoms with E-state index in [1.165, 1.54) is 19.3 Å². The lowest BCUT2D eigenvalue weighted by Crippen LogP contribution is -2.42. The molecule has 0 bridgehead atoms.